The summed E-state index contributed by atoms with van der Waals surface area (Å²) in [4.78, 5) is 34.6. The van der Waals surface area contributed by atoms with E-state index in [4.69, 9.17) is 5.11 Å². The average molecular weight is 301 g/mol. The van der Waals surface area contributed by atoms with Gasteiger partial charge in [0.15, 0.2) is 0 Å². The van der Waals surface area contributed by atoms with Crippen LogP contribution in [0.5, 0.6) is 0 Å². The van der Waals surface area contributed by atoms with Gasteiger partial charge in [0.05, 0.1) is 17.4 Å². The summed E-state index contributed by atoms with van der Waals surface area (Å²) in [7, 11) is 0. The average Bonchev–Trinajstić information content (AvgIpc) is 3.08. The van der Waals surface area contributed by atoms with Crippen molar-refractivity contribution in [3.63, 3.8) is 0 Å². The van der Waals surface area contributed by atoms with Gasteiger partial charge in [-0.25, -0.2) is 4.79 Å². The van der Waals surface area contributed by atoms with E-state index < -0.39 is 23.8 Å². The number of carbonyl (C=O) groups excluding carboxylic acids is 1. The molecule has 1 amide bonds. The molecule has 2 aliphatic carbocycles. The second kappa shape index (κ2) is 5.29. The van der Waals surface area contributed by atoms with Crippen molar-refractivity contribution in [3.8, 4) is 0 Å². The highest BCUT2D eigenvalue weighted by molar-refractivity contribution is 5.97. The monoisotopic (exact) mass is 301 g/mol. The molecule has 1 saturated carbocycles. The van der Waals surface area contributed by atoms with Crippen LogP contribution in [-0.2, 0) is 9.59 Å². The zero-order valence-electron chi connectivity index (χ0n) is 11.6. The Morgan fingerprint density at radius 2 is 1.55 bits per heavy atom. The predicted octanol–water partition coefficient (Wildman–Crippen LogP) is 1.85. The van der Waals surface area contributed by atoms with E-state index in [2.05, 4.69) is 5.32 Å². The van der Waals surface area contributed by atoms with Crippen LogP contribution in [0, 0.1) is 23.7 Å². The van der Waals surface area contributed by atoms with Gasteiger partial charge in [-0.2, -0.15) is 0 Å². The summed E-state index contributed by atoms with van der Waals surface area (Å²) in [5.41, 5.74) is 0.593. The predicted molar refractivity (Wildman–Crippen MR) is 77.4 cm³/mol. The molecule has 6 nitrogen and oxygen atoms in total. The van der Waals surface area contributed by atoms with Gasteiger partial charge < -0.3 is 15.5 Å². The maximum atomic E-state index is 12.4. The van der Waals surface area contributed by atoms with Gasteiger partial charge in [0.2, 0.25) is 5.91 Å². The number of allylic oxidation sites excluding steroid dienone is 2. The highest BCUT2D eigenvalue weighted by Gasteiger charge is 2.51. The fraction of sp³-hybridized carbons (Fsp3) is 0.312. The summed E-state index contributed by atoms with van der Waals surface area (Å²) in [6.45, 7) is 0. The highest BCUT2D eigenvalue weighted by atomic mass is 16.4. The van der Waals surface area contributed by atoms with Gasteiger partial charge in [-0.3, -0.25) is 9.59 Å². The minimum absolute atomic E-state index is 0.0376. The first-order chi connectivity index (χ1) is 10.5. The Hall–Kier alpha value is -2.63. The van der Waals surface area contributed by atoms with Gasteiger partial charge in [0.25, 0.3) is 0 Å². The Balaban J connectivity index is 1.75. The van der Waals surface area contributed by atoms with Gasteiger partial charge in [0.1, 0.15) is 0 Å². The first-order valence-electron chi connectivity index (χ1n) is 7.02. The number of aliphatic carboxylic acids is 1. The molecule has 0 aromatic heterocycles. The first kappa shape index (κ1) is 14.3. The van der Waals surface area contributed by atoms with Crippen LogP contribution in [0.4, 0.5) is 5.69 Å². The molecule has 3 N–H and O–H groups in total. The van der Waals surface area contributed by atoms with Gasteiger partial charge in [-0.15, -0.1) is 0 Å². The summed E-state index contributed by atoms with van der Waals surface area (Å²) in [5.74, 6) is -3.69. The number of carboxylic acid groups (broad SMARTS) is 2. The van der Waals surface area contributed by atoms with E-state index >= 15 is 0 Å². The largest absolute Gasteiger partial charge is 0.481 e. The Kier molecular flexibility index (Phi) is 3.44. The minimum Gasteiger partial charge on any atom is -0.481 e. The Bertz CT molecular complexity index is 664. The number of rotatable bonds is 4. The van der Waals surface area contributed by atoms with Crippen LogP contribution < -0.4 is 5.32 Å². The molecule has 0 aliphatic heterocycles. The maximum Gasteiger partial charge on any atom is 0.335 e. The molecule has 22 heavy (non-hydrogen) atoms. The number of anilines is 1. The lowest BCUT2D eigenvalue weighted by atomic mass is 9.82. The molecule has 4 atom stereocenters. The van der Waals surface area contributed by atoms with E-state index in [9.17, 15) is 19.5 Å². The second-order valence-corrected chi connectivity index (χ2v) is 5.71. The van der Waals surface area contributed by atoms with Crippen molar-refractivity contribution in [2.24, 2.45) is 23.7 Å². The van der Waals surface area contributed by atoms with Crippen LogP contribution in [0.2, 0.25) is 0 Å². The standard InChI is InChI=1S/C16H15NO5/c18-14(17-11-5-3-8(4-6-11)15(19)20)12-9-1-2-10(7-9)13(12)16(21)22/h1-6,9-10,12-13H,7H2,(H,17,18)(H,19,20)(H,21,22)/t9-,10-,12+,13-/m0/s1. The molecule has 0 unspecified atom stereocenters. The van der Waals surface area contributed by atoms with Crippen LogP contribution in [0.3, 0.4) is 0 Å². The van der Waals surface area contributed by atoms with Gasteiger partial charge >= 0.3 is 11.9 Å². The fourth-order valence-electron chi connectivity index (χ4n) is 3.44. The molecule has 114 valence electrons. The number of benzene rings is 1. The van der Waals surface area contributed by atoms with Crippen LogP contribution in [0.1, 0.15) is 16.8 Å². The molecule has 0 radical (unpaired) electrons. The van der Waals surface area contributed by atoms with Crippen molar-refractivity contribution in [3.05, 3.63) is 42.0 Å². The topological polar surface area (TPSA) is 104 Å². The summed E-state index contributed by atoms with van der Waals surface area (Å²) >= 11 is 0. The summed E-state index contributed by atoms with van der Waals surface area (Å²) in [5, 5.41) is 20.9. The minimum atomic E-state index is -1.04. The molecule has 2 aliphatic rings. The quantitative estimate of drug-likeness (QED) is 0.736. The Morgan fingerprint density at radius 3 is 2.09 bits per heavy atom. The van der Waals surface area contributed by atoms with Crippen molar-refractivity contribution < 1.29 is 24.6 Å². The van der Waals surface area contributed by atoms with E-state index in [1.807, 2.05) is 12.2 Å². The molecule has 1 aromatic carbocycles. The molecule has 0 saturated heterocycles. The lowest BCUT2D eigenvalue weighted by molar-refractivity contribution is -0.146. The third kappa shape index (κ3) is 2.36. The SMILES string of the molecule is O=C(O)c1ccc(NC(=O)[C@H]2[C@@H](C(=O)O)[C@H]3C=C[C@H]2C3)cc1. The number of nitrogens with one attached hydrogen (secondary N) is 1. The van der Waals surface area contributed by atoms with Crippen LogP contribution >= 0.6 is 0 Å². The molecule has 1 aromatic rings. The van der Waals surface area contributed by atoms with E-state index in [0.717, 1.165) is 0 Å². The lowest BCUT2D eigenvalue weighted by Gasteiger charge is -2.23. The van der Waals surface area contributed by atoms with E-state index in [1.165, 1.54) is 24.3 Å². The molecular weight excluding hydrogens is 286 g/mol. The van der Waals surface area contributed by atoms with Gasteiger partial charge in [0, 0.05) is 5.69 Å². The molecule has 1 fully saturated rings. The number of aromatic carboxylic acids is 1. The molecule has 2 bridgehead atoms. The second-order valence-electron chi connectivity index (χ2n) is 5.71. The van der Waals surface area contributed by atoms with E-state index in [-0.39, 0.29) is 23.3 Å². The summed E-state index contributed by atoms with van der Waals surface area (Å²) in [6, 6.07) is 5.79. The summed E-state index contributed by atoms with van der Waals surface area (Å²) in [6.07, 6.45) is 4.50. The number of carboxylic acids is 2. The van der Waals surface area contributed by atoms with Crippen LogP contribution in [0.15, 0.2) is 36.4 Å². The Morgan fingerprint density at radius 1 is 0.955 bits per heavy atom. The smallest absolute Gasteiger partial charge is 0.335 e. The molecule has 0 spiro atoms. The van der Waals surface area contributed by atoms with E-state index in [0.29, 0.717) is 12.1 Å². The van der Waals surface area contributed by atoms with E-state index in [1.54, 1.807) is 0 Å². The zero-order chi connectivity index (χ0) is 15.9. The van der Waals surface area contributed by atoms with Crippen LogP contribution in [0.25, 0.3) is 0 Å². The number of hydrogen-bond acceptors (Lipinski definition) is 3. The zero-order valence-corrected chi connectivity index (χ0v) is 11.6. The molecule has 3 rings (SSSR count). The third-order valence-electron chi connectivity index (χ3n) is 4.45. The van der Waals surface area contributed by atoms with Crippen molar-refractivity contribution in [1.29, 1.82) is 0 Å². The first-order valence-corrected chi connectivity index (χ1v) is 7.02. The maximum absolute atomic E-state index is 12.4. The van der Waals surface area contributed by atoms with Crippen molar-refractivity contribution in [2.45, 2.75) is 6.42 Å². The van der Waals surface area contributed by atoms with Crippen molar-refractivity contribution >= 4 is 23.5 Å². The van der Waals surface area contributed by atoms with Crippen LogP contribution in [-0.4, -0.2) is 28.1 Å². The number of amides is 1. The Labute approximate surface area is 126 Å². The number of fused-ring (bicyclic) bond motifs is 2. The molecular formula is C16H15NO5. The van der Waals surface area contributed by atoms with Gasteiger partial charge in [-0.1, -0.05) is 12.2 Å². The summed E-state index contributed by atoms with van der Waals surface area (Å²) < 4.78 is 0. The molecule has 6 heteroatoms. The number of carbonyl (C=O) groups is 3. The van der Waals surface area contributed by atoms with Crippen molar-refractivity contribution in [2.75, 3.05) is 5.32 Å². The molecule has 0 heterocycles. The lowest BCUT2D eigenvalue weighted by Crippen LogP contribution is -2.36. The number of hydrogen-bond donors (Lipinski definition) is 3. The third-order valence-corrected chi connectivity index (χ3v) is 4.45. The highest BCUT2D eigenvalue weighted by Crippen LogP contribution is 2.48. The van der Waals surface area contributed by atoms with Gasteiger partial charge in [-0.05, 0) is 42.5 Å². The van der Waals surface area contributed by atoms with Crippen molar-refractivity contribution in [1.82, 2.24) is 0 Å². The fourth-order valence-corrected chi connectivity index (χ4v) is 3.44. The normalized spacial score (nSPS) is 28.5.